The Bertz CT molecular complexity index is 1240. The van der Waals surface area contributed by atoms with Crippen molar-refractivity contribution in [3.63, 3.8) is 0 Å². The van der Waals surface area contributed by atoms with Crippen molar-refractivity contribution in [3.05, 3.63) is 41.5 Å². The van der Waals surface area contributed by atoms with Gasteiger partial charge in [-0.05, 0) is 38.1 Å². The van der Waals surface area contributed by atoms with Crippen LogP contribution in [-0.4, -0.2) is 53.3 Å². The van der Waals surface area contributed by atoms with Crippen molar-refractivity contribution in [3.8, 4) is 23.1 Å². The number of anilines is 2. The van der Waals surface area contributed by atoms with Crippen molar-refractivity contribution >= 4 is 34.0 Å². The lowest BCUT2D eigenvalue weighted by atomic mass is 10.1. The van der Waals surface area contributed by atoms with Gasteiger partial charge in [-0.25, -0.2) is 4.98 Å². The maximum atomic E-state index is 12.3. The maximum Gasteiger partial charge on any atom is 0.272 e. The van der Waals surface area contributed by atoms with E-state index in [-0.39, 0.29) is 12.2 Å². The van der Waals surface area contributed by atoms with Crippen LogP contribution in [0.5, 0.6) is 5.75 Å². The number of nitrogens with one attached hydrogen (secondary N) is 2. The fraction of sp³-hybridized carbons (Fsp3) is 0.318. The summed E-state index contributed by atoms with van der Waals surface area (Å²) in [6.07, 6.45) is 1.56. The maximum absolute atomic E-state index is 12.3. The number of nitriles is 1. The molecule has 33 heavy (non-hydrogen) atoms. The number of hydrogen-bond acceptors (Lipinski definition) is 8. The molecule has 0 radical (unpaired) electrons. The van der Waals surface area contributed by atoms with E-state index in [2.05, 4.69) is 31.7 Å². The average Bonchev–Trinajstić information content (AvgIpc) is 3.48. The standard InChI is InChI=1S/C22H23N7O3S/c1-22(2,13-23)29-7-6-15(27-29)20(31)24-11-19(30)26-21-25-16(12-33-21)14-4-5-18-17(10-14)28(3)8-9-32-18/h4-7,10,12H,8-9,11H2,1-3H3,(H,24,31)(H,25,26,30). The molecule has 0 bridgehead atoms. The first-order valence-corrected chi connectivity index (χ1v) is 11.1. The van der Waals surface area contributed by atoms with E-state index in [1.54, 1.807) is 20.0 Å². The molecule has 2 N–H and O–H groups in total. The van der Waals surface area contributed by atoms with E-state index in [4.69, 9.17) is 4.74 Å². The van der Waals surface area contributed by atoms with E-state index in [0.29, 0.717) is 11.7 Å². The molecule has 0 fully saturated rings. The summed E-state index contributed by atoms with van der Waals surface area (Å²) in [6, 6.07) is 9.48. The molecule has 0 saturated heterocycles. The number of aromatic nitrogens is 3. The van der Waals surface area contributed by atoms with Crippen LogP contribution in [0, 0.1) is 11.3 Å². The molecular weight excluding hydrogens is 442 g/mol. The van der Waals surface area contributed by atoms with Gasteiger partial charge in [-0.1, -0.05) is 0 Å². The Kier molecular flexibility index (Phi) is 6.02. The van der Waals surface area contributed by atoms with Crippen LogP contribution in [-0.2, 0) is 10.3 Å². The van der Waals surface area contributed by atoms with Crippen LogP contribution >= 0.6 is 11.3 Å². The molecule has 1 aromatic carbocycles. The Morgan fingerprint density at radius 3 is 2.94 bits per heavy atom. The summed E-state index contributed by atoms with van der Waals surface area (Å²) >= 11 is 1.30. The highest BCUT2D eigenvalue weighted by molar-refractivity contribution is 7.14. The van der Waals surface area contributed by atoms with Crippen LogP contribution in [0.3, 0.4) is 0 Å². The van der Waals surface area contributed by atoms with Gasteiger partial charge in [0, 0.05) is 24.2 Å². The Hall–Kier alpha value is -3.91. The van der Waals surface area contributed by atoms with Crippen LogP contribution in [0.15, 0.2) is 35.8 Å². The van der Waals surface area contributed by atoms with Gasteiger partial charge in [0.15, 0.2) is 5.13 Å². The summed E-state index contributed by atoms with van der Waals surface area (Å²) in [4.78, 5) is 31.2. The number of ether oxygens (including phenoxy) is 1. The van der Waals surface area contributed by atoms with Gasteiger partial charge in [-0.2, -0.15) is 10.4 Å². The van der Waals surface area contributed by atoms with Gasteiger partial charge < -0.3 is 20.3 Å². The van der Waals surface area contributed by atoms with Crippen LogP contribution in [0.25, 0.3) is 11.3 Å². The van der Waals surface area contributed by atoms with Crippen molar-refractivity contribution in [2.75, 3.05) is 37.0 Å². The average molecular weight is 466 g/mol. The summed E-state index contributed by atoms with van der Waals surface area (Å²) in [5, 5.41) is 20.8. The Morgan fingerprint density at radius 1 is 1.33 bits per heavy atom. The van der Waals surface area contributed by atoms with E-state index in [0.717, 1.165) is 29.2 Å². The number of hydrogen-bond donors (Lipinski definition) is 2. The molecular formula is C22H23N7O3S. The van der Waals surface area contributed by atoms with E-state index in [1.165, 1.54) is 22.1 Å². The van der Waals surface area contributed by atoms with Crippen LogP contribution < -0.4 is 20.3 Å². The van der Waals surface area contributed by atoms with Crippen LogP contribution in [0.1, 0.15) is 24.3 Å². The molecule has 3 heterocycles. The SMILES string of the molecule is CN1CCOc2ccc(-c3csc(NC(=O)CNC(=O)c4ccn(C(C)(C)C#N)n4)n3)cc21. The second-order valence-electron chi connectivity index (χ2n) is 8.04. The lowest BCUT2D eigenvalue weighted by Crippen LogP contribution is -2.33. The summed E-state index contributed by atoms with van der Waals surface area (Å²) in [6.45, 7) is 4.62. The smallest absolute Gasteiger partial charge is 0.272 e. The highest BCUT2D eigenvalue weighted by atomic mass is 32.1. The zero-order chi connectivity index (χ0) is 23.6. The lowest BCUT2D eigenvalue weighted by molar-refractivity contribution is -0.115. The molecule has 2 amide bonds. The number of benzene rings is 1. The third-order valence-corrected chi connectivity index (χ3v) is 5.94. The van der Waals surface area contributed by atoms with E-state index in [1.807, 2.05) is 30.6 Å². The Morgan fingerprint density at radius 2 is 2.15 bits per heavy atom. The number of fused-ring (bicyclic) bond motifs is 1. The number of nitrogens with zero attached hydrogens (tertiary/aromatic N) is 5. The molecule has 1 aliphatic rings. The minimum absolute atomic E-state index is 0.129. The zero-order valence-corrected chi connectivity index (χ0v) is 19.3. The quantitative estimate of drug-likeness (QED) is 0.573. The van der Waals surface area contributed by atoms with E-state index < -0.39 is 17.4 Å². The molecule has 4 rings (SSSR count). The fourth-order valence-electron chi connectivity index (χ4n) is 3.20. The zero-order valence-electron chi connectivity index (χ0n) is 18.5. The topological polar surface area (TPSA) is 125 Å². The Labute approximate surface area is 194 Å². The molecule has 10 nitrogen and oxygen atoms in total. The predicted molar refractivity (Wildman–Crippen MR) is 124 cm³/mol. The molecule has 170 valence electrons. The summed E-state index contributed by atoms with van der Waals surface area (Å²) < 4.78 is 7.08. The number of likely N-dealkylation sites (N-methyl/N-ethyl adjacent to an activating group) is 1. The molecule has 0 spiro atoms. The van der Waals surface area contributed by atoms with Gasteiger partial charge in [0.1, 0.15) is 23.6 Å². The molecule has 1 aliphatic heterocycles. The third kappa shape index (κ3) is 4.80. The highest BCUT2D eigenvalue weighted by Gasteiger charge is 2.22. The van der Waals surface area contributed by atoms with Gasteiger partial charge in [0.05, 0.1) is 30.5 Å². The van der Waals surface area contributed by atoms with Crippen LogP contribution in [0.4, 0.5) is 10.8 Å². The van der Waals surface area contributed by atoms with E-state index >= 15 is 0 Å². The number of amides is 2. The second kappa shape index (κ2) is 8.91. The van der Waals surface area contributed by atoms with E-state index in [9.17, 15) is 14.9 Å². The molecule has 0 unspecified atom stereocenters. The first-order chi connectivity index (χ1) is 15.8. The second-order valence-corrected chi connectivity index (χ2v) is 8.90. The molecule has 3 aromatic rings. The van der Waals surface area contributed by atoms with Crippen molar-refractivity contribution in [2.45, 2.75) is 19.4 Å². The number of carbonyl (C=O) groups is 2. The largest absolute Gasteiger partial charge is 0.490 e. The number of thiazole rings is 1. The van der Waals surface area contributed by atoms with Crippen LogP contribution in [0.2, 0.25) is 0 Å². The number of carbonyl (C=O) groups excluding carboxylic acids is 2. The third-order valence-electron chi connectivity index (χ3n) is 5.18. The molecule has 11 heteroatoms. The first kappa shape index (κ1) is 22.3. The first-order valence-electron chi connectivity index (χ1n) is 10.3. The monoisotopic (exact) mass is 465 g/mol. The Balaban J connectivity index is 1.34. The summed E-state index contributed by atoms with van der Waals surface area (Å²) in [5.74, 6) is -0.0644. The summed E-state index contributed by atoms with van der Waals surface area (Å²) in [7, 11) is 2.01. The normalized spacial score (nSPS) is 13.0. The highest BCUT2D eigenvalue weighted by Crippen LogP contribution is 2.35. The van der Waals surface area contributed by atoms with Crippen molar-refractivity contribution in [1.82, 2.24) is 20.1 Å². The van der Waals surface area contributed by atoms with Crippen molar-refractivity contribution in [1.29, 1.82) is 5.26 Å². The number of rotatable bonds is 6. The minimum Gasteiger partial charge on any atom is -0.490 e. The minimum atomic E-state index is -0.876. The molecule has 0 saturated carbocycles. The van der Waals surface area contributed by atoms with Crippen molar-refractivity contribution in [2.24, 2.45) is 0 Å². The molecule has 0 aliphatic carbocycles. The fourth-order valence-corrected chi connectivity index (χ4v) is 3.93. The van der Waals surface area contributed by atoms with Gasteiger partial charge in [-0.3, -0.25) is 14.3 Å². The predicted octanol–water partition coefficient (Wildman–Crippen LogP) is 2.46. The molecule has 0 atom stereocenters. The van der Waals surface area contributed by atoms with Gasteiger partial charge in [0.2, 0.25) is 5.91 Å². The van der Waals surface area contributed by atoms with Crippen molar-refractivity contribution < 1.29 is 14.3 Å². The summed E-state index contributed by atoms with van der Waals surface area (Å²) in [5.41, 5.74) is 1.92. The molecule has 2 aromatic heterocycles. The van der Waals surface area contributed by atoms with Gasteiger partial charge in [0.25, 0.3) is 5.91 Å². The van der Waals surface area contributed by atoms with Gasteiger partial charge in [-0.15, -0.1) is 11.3 Å². The van der Waals surface area contributed by atoms with Gasteiger partial charge >= 0.3 is 0 Å². The lowest BCUT2D eigenvalue weighted by Gasteiger charge is -2.27.